The topological polar surface area (TPSA) is 132 Å². The van der Waals surface area contributed by atoms with Crippen molar-refractivity contribution in [2.75, 3.05) is 0 Å². The Bertz CT molecular complexity index is 1560. The van der Waals surface area contributed by atoms with Gasteiger partial charge in [0.2, 0.25) is 5.78 Å². The molecule has 5 rings (SSSR count). The average Bonchev–Trinajstić information content (AvgIpc) is 3.33. The molecule has 7 heteroatoms. The van der Waals surface area contributed by atoms with Gasteiger partial charge in [0.05, 0.1) is 5.56 Å². The van der Waals surface area contributed by atoms with Gasteiger partial charge in [0, 0.05) is 22.3 Å². The molecule has 216 valence electrons. The molecule has 0 spiro atoms. The highest BCUT2D eigenvalue weighted by molar-refractivity contribution is 6.24. The third-order valence-corrected chi connectivity index (χ3v) is 9.69. The Kier molecular flexibility index (Phi) is 6.61. The number of carbonyl (C=O) groups excluding carboxylic acids is 3. The maximum absolute atomic E-state index is 14.4. The number of ketones is 3. The summed E-state index contributed by atoms with van der Waals surface area (Å²) in [4.78, 5) is 40.6. The van der Waals surface area contributed by atoms with E-state index in [4.69, 9.17) is 0 Å². The van der Waals surface area contributed by atoms with Gasteiger partial charge in [-0.15, -0.1) is 0 Å². The number of phenolic OH excluding ortho intramolecular Hbond substituents is 1. The van der Waals surface area contributed by atoms with Gasteiger partial charge in [0.25, 0.3) is 0 Å². The van der Waals surface area contributed by atoms with E-state index in [9.17, 15) is 34.8 Å². The van der Waals surface area contributed by atoms with Gasteiger partial charge < -0.3 is 20.4 Å². The molecular formula is C34H38O7. The Labute approximate surface area is 240 Å². The number of phenols is 1. The molecule has 1 aromatic rings. The minimum absolute atomic E-state index is 0.0712. The highest BCUT2D eigenvalue weighted by Gasteiger charge is 2.72. The van der Waals surface area contributed by atoms with Crippen LogP contribution in [0.5, 0.6) is 5.75 Å². The molecule has 0 bridgehead atoms. The highest BCUT2D eigenvalue weighted by atomic mass is 16.3. The van der Waals surface area contributed by atoms with Crippen molar-refractivity contribution in [2.45, 2.75) is 72.8 Å². The van der Waals surface area contributed by atoms with Crippen LogP contribution in [0.4, 0.5) is 0 Å². The molecule has 4 atom stereocenters. The predicted octanol–water partition coefficient (Wildman–Crippen LogP) is 5.87. The molecule has 0 amide bonds. The Morgan fingerprint density at radius 1 is 1.12 bits per heavy atom. The zero-order valence-corrected chi connectivity index (χ0v) is 24.5. The standard InChI is InChI=1S/C34H38O7/c1-7-8-9-19-10-11-20(14-19)21-12-13-23(36)25-22(21)15-32(5)16-33(6)26(17(2)3)28(37)24(18(4)35)30(39)34(33,41)31(40)27(32)29(25)38/h8-13,17,26,36,38-39,41H,7,14-16H2,1-6H3/b9-8+/t26?,32-,33-,34+/m1/s1. The molecule has 0 aromatic heterocycles. The lowest BCUT2D eigenvalue weighted by Crippen LogP contribution is -2.69. The quantitative estimate of drug-likeness (QED) is 0.332. The second-order valence-corrected chi connectivity index (χ2v) is 12.9. The van der Waals surface area contributed by atoms with E-state index < -0.39 is 56.8 Å². The molecule has 1 fully saturated rings. The van der Waals surface area contributed by atoms with Crippen LogP contribution in [0.1, 0.15) is 77.5 Å². The molecular weight excluding hydrogens is 520 g/mol. The van der Waals surface area contributed by atoms with Crippen LogP contribution in [0.25, 0.3) is 11.3 Å². The van der Waals surface area contributed by atoms with Gasteiger partial charge in [-0.3, -0.25) is 14.4 Å². The molecule has 7 nitrogen and oxygen atoms in total. The maximum Gasteiger partial charge on any atom is 0.203 e. The number of hydrogen-bond donors (Lipinski definition) is 4. The summed E-state index contributed by atoms with van der Waals surface area (Å²) in [5.74, 6) is -5.20. The summed E-state index contributed by atoms with van der Waals surface area (Å²) in [6.07, 6.45) is 10.1. The lowest BCUT2D eigenvalue weighted by atomic mass is 9.43. The van der Waals surface area contributed by atoms with E-state index in [-0.39, 0.29) is 35.6 Å². The summed E-state index contributed by atoms with van der Waals surface area (Å²) in [7, 11) is 0. The second-order valence-electron chi connectivity index (χ2n) is 12.9. The Balaban J connectivity index is 1.73. The number of allylic oxidation sites excluding steroid dienone is 7. The Hall–Kier alpha value is -3.71. The largest absolute Gasteiger partial charge is 0.508 e. The van der Waals surface area contributed by atoms with Crippen LogP contribution in [0, 0.1) is 22.7 Å². The van der Waals surface area contributed by atoms with Crippen molar-refractivity contribution in [3.63, 3.8) is 0 Å². The number of Topliss-reactive ketones (excluding diaryl/α,β-unsaturated/α-hetero) is 3. The van der Waals surface area contributed by atoms with E-state index in [0.717, 1.165) is 30.1 Å². The third-order valence-electron chi connectivity index (χ3n) is 9.69. The van der Waals surface area contributed by atoms with Crippen LogP contribution in [0.3, 0.4) is 0 Å². The first-order chi connectivity index (χ1) is 19.1. The van der Waals surface area contributed by atoms with E-state index in [0.29, 0.717) is 12.0 Å². The molecule has 0 aliphatic heterocycles. The van der Waals surface area contributed by atoms with E-state index >= 15 is 0 Å². The van der Waals surface area contributed by atoms with Gasteiger partial charge in [-0.05, 0) is 66.9 Å². The van der Waals surface area contributed by atoms with Crippen molar-refractivity contribution in [1.82, 2.24) is 0 Å². The van der Waals surface area contributed by atoms with Crippen LogP contribution in [0.15, 0.2) is 58.9 Å². The number of benzene rings is 1. The summed E-state index contributed by atoms with van der Waals surface area (Å²) in [6, 6.07) is 3.30. The summed E-state index contributed by atoms with van der Waals surface area (Å²) in [6.45, 7) is 10.2. The van der Waals surface area contributed by atoms with E-state index in [1.165, 1.54) is 6.07 Å². The molecule has 41 heavy (non-hydrogen) atoms. The fraction of sp³-hybridized carbons (Fsp3) is 0.441. The number of hydrogen-bond acceptors (Lipinski definition) is 7. The summed E-state index contributed by atoms with van der Waals surface area (Å²) >= 11 is 0. The minimum Gasteiger partial charge on any atom is -0.508 e. The lowest BCUT2D eigenvalue weighted by Gasteiger charge is -2.59. The van der Waals surface area contributed by atoms with Gasteiger partial charge in [-0.2, -0.15) is 0 Å². The predicted molar refractivity (Wildman–Crippen MR) is 156 cm³/mol. The van der Waals surface area contributed by atoms with Gasteiger partial charge in [0.1, 0.15) is 22.8 Å². The first-order valence-electron chi connectivity index (χ1n) is 14.3. The fourth-order valence-electron chi connectivity index (χ4n) is 8.13. The number of rotatable bonds is 5. The SMILES string of the molecule is CC/C=C/C1=CC=C(c2ccc(O)c3c2C[C@]2(C)C[C@]4(C)C(C(C)C)C(=O)C(C(C)=O)=C(O)[C@]4(O)C(=O)C2=C3O)C1. The first kappa shape index (κ1) is 28.8. The summed E-state index contributed by atoms with van der Waals surface area (Å²) in [5.41, 5.74) is -2.01. The summed E-state index contributed by atoms with van der Waals surface area (Å²) < 4.78 is 0. The Morgan fingerprint density at radius 2 is 1.80 bits per heavy atom. The van der Waals surface area contributed by atoms with E-state index in [2.05, 4.69) is 19.1 Å². The number of aliphatic hydroxyl groups excluding tert-OH is 2. The van der Waals surface area contributed by atoms with Crippen molar-refractivity contribution in [3.05, 3.63) is 75.6 Å². The van der Waals surface area contributed by atoms with Crippen molar-refractivity contribution in [3.8, 4) is 5.75 Å². The third kappa shape index (κ3) is 3.78. The molecule has 4 aliphatic carbocycles. The Morgan fingerprint density at radius 3 is 2.41 bits per heavy atom. The molecule has 1 aromatic carbocycles. The van der Waals surface area contributed by atoms with Crippen molar-refractivity contribution >= 4 is 28.7 Å². The van der Waals surface area contributed by atoms with Crippen LogP contribution >= 0.6 is 0 Å². The number of carbonyl (C=O) groups is 3. The van der Waals surface area contributed by atoms with Crippen LogP contribution in [0.2, 0.25) is 0 Å². The van der Waals surface area contributed by atoms with Crippen molar-refractivity contribution < 1.29 is 34.8 Å². The second kappa shape index (κ2) is 9.41. The molecule has 0 saturated heterocycles. The summed E-state index contributed by atoms with van der Waals surface area (Å²) in [5, 5.41) is 46.1. The smallest absolute Gasteiger partial charge is 0.203 e. The highest BCUT2D eigenvalue weighted by Crippen LogP contribution is 2.65. The minimum atomic E-state index is -2.61. The van der Waals surface area contributed by atoms with Gasteiger partial charge in [0.15, 0.2) is 17.2 Å². The molecule has 1 saturated carbocycles. The van der Waals surface area contributed by atoms with Crippen molar-refractivity contribution in [1.29, 1.82) is 0 Å². The normalized spacial score (nSPS) is 31.4. The molecule has 0 radical (unpaired) electrons. The van der Waals surface area contributed by atoms with Gasteiger partial charge in [-0.1, -0.05) is 65.0 Å². The van der Waals surface area contributed by atoms with Crippen LogP contribution in [-0.2, 0) is 20.8 Å². The number of aliphatic hydroxyl groups is 3. The monoisotopic (exact) mass is 558 g/mol. The molecule has 4 N–H and O–H groups in total. The molecule has 1 unspecified atom stereocenters. The fourth-order valence-corrected chi connectivity index (χ4v) is 8.13. The number of fused-ring (bicyclic) bond motifs is 3. The number of aromatic hydroxyl groups is 1. The zero-order chi connectivity index (χ0) is 30.2. The van der Waals surface area contributed by atoms with Gasteiger partial charge >= 0.3 is 0 Å². The van der Waals surface area contributed by atoms with E-state index in [1.54, 1.807) is 20.8 Å². The maximum atomic E-state index is 14.4. The van der Waals surface area contributed by atoms with Crippen LogP contribution < -0.4 is 0 Å². The van der Waals surface area contributed by atoms with Crippen LogP contribution in [-0.4, -0.2) is 43.4 Å². The van der Waals surface area contributed by atoms with Gasteiger partial charge in [-0.25, -0.2) is 0 Å². The lowest BCUT2D eigenvalue weighted by molar-refractivity contribution is -0.178. The first-order valence-corrected chi connectivity index (χ1v) is 14.3. The van der Waals surface area contributed by atoms with Crippen molar-refractivity contribution in [2.24, 2.45) is 22.7 Å². The zero-order valence-electron chi connectivity index (χ0n) is 24.5. The van der Waals surface area contributed by atoms with E-state index in [1.807, 2.05) is 25.1 Å². The molecule has 0 heterocycles. The average molecular weight is 559 g/mol. The molecule has 4 aliphatic rings.